The summed E-state index contributed by atoms with van der Waals surface area (Å²) in [5.41, 5.74) is 0. The van der Waals surface area contributed by atoms with E-state index in [1.54, 1.807) is 0 Å². The van der Waals surface area contributed by atoms with Crippen LogP contribution in [0.2, 0.25) is 0 Å². The van der Waals surface area contributed by atoms with Crippen molar-refractivity contribution in [2.45, 2.75) is 0 Å². The standard InChI is InChI=1S/Cu.Fe.Mn.Na.Ni.2H2O.2O.H/h;;;;;2*1H2;;;/q;;+2;+1;;;;;;-1/p-2. The quantitative estimate of drug-likeness (QED) is 0.443. The first-order valence-corrected chi connectivity index (χ1v) is 2.67. The molecular formula is H3CuFeMnNaNiO4. The van der Waals surface area contributed by atoms with Gasteiger partial charge < -0.3 is 1.43 Å². The normalized spacial score (nSPS) is 6.44. The van der Waals surface area contributed by atoms with Crippen LogP contribution in [0.4, 0.5) is 0 Å². The van der Waals surface area contributed by atoms with Gasteiger partial charge in [0.15, 0.2) is 0 Å². The predicted octanol–water partition coefficient (Wildman–Crippen LogP) is -4.25. The Kier molecular flexibility index (Phi) is 43.9. The van der Waals surface area contributed by atoms with E-state index in [-0.39, 0.29) is 81.6 Å². The van der Waals surface area contributed by atoms with E-state index in [1.165, 1.54) is 0 Å². The minimum absolute atomic E-state index is 0. The van der Waals surface area contributed by atoms with E-state index in [1.807, 2.05) is 0 Å². The van der Waals surface area contributed by atoms with Crippen LogP contribution in [-0.2, 0) is 71.7 Å². The fraction of sp³-hybridized carbons (Fsp3) is 0. The molecule has 0 bridgehead atoms. The summed E-state index contributed by atoms with van der Waals surface area (Å²) in [6, 6.07) is 0. The Bertz CT molecular complexity index is 108. The molecule has 0 fully saturated rings. The molecule has 0 amide bonds. The van der Waals surface area contributed by atoms with Crippen LogP contribution in [0, 0.1) is 0 Å². The van der Waals surface area contributed by atoms with E-state index in [2.05, 4.69) is 0 Å². The summed E-state index contributed by atoms with van der Waals surface area (Å²) in [7, 11) is 0. The van der Waals surface area contributed by atoms with Crippen LogP contribution < -0.4 is 29.6 Å². The van der Waals surface area contributed by atoms with Crippen molar-refractivity contribution in [2.75, 3.05) is 0 Å². The monoisotopic (exact) mass is 322 g/mol. The third-order valence-electron chi connectivity index (χ3n) is 0. The molecule has 4 nitrogen and oxygen atoms in total. The van der Waals surface area contributed by atoms with Gasteiger partial charge in [0.1, 0.15) is 0 Å². The summed E-state index contributed by atoms with van der Waals surface area (Å²) in [6.07, 6.45) is 0. The molecule has 0 unspecified atom stereocenters. The summed E-state index contributed by atoms with van der Waals surface area (Å²) in [5, 5.41) is 0. The van der Waals surface area contributed by atoms with Crippen molar-refractivity contribution in [3.63, 3.8) is 0 Å². The zero-order valence-corrected chi connectivity index (χ0v) is 10.3. The number of rotatable bonds is 0. The summed E-state index contributed by atoms with van der Waals surface area (Å²) in [5.74, 6) is 0. The number of hydrogen-bond acceptors (Lipinski definition) is 2. The zero-order chi connectivity index (χ0) is 4.50. The second kappa shape index (κ2) is 13.2. The van der Waals surface area contributed by atoms with E-state index in [4.69, 9.17) is 16.0 Å². The van der Waals surface area contributed by atoms with Gasteiger partial charge in [-0.05, 0) is 0 Å². The molecule has 9 heteroatoms. The van der Waals surface area contributed by atoms with Crippen LogP contribution in [0.5, 0.6) is 0 Å². The van der Waals surface area contributed by atoms with Gasteiger partial charge in [-0.3, -0.25) is 0 Å². The van der Waals surface area contributed by atoms with Gasteiger partial charge in [-0.15, -0.1) is 0 Å². The Labute approximate surface area is 109 Å². The molecule has 0 aromatic rings. The third kappa shape index (κ3) is 117. The molecular weight excluding hydrogens is 320 g/mol. The average Bonchev–Trinajstić information content (AvgIpc) is 0.722. The van der Waals surface area contributed by atoms with Gasteiger partial charge in [-0.25, -0.2) is 0 Å². The molecule has 2 N–H and O–H groups in total. The Morgan fingerprint density at radius 1 is 1.22 bits per heavy atom. The van der Waals surface area contributed by atoms with Gasteiger partial charge in [0.25, 0.3) is 0 Å². The first kappa shape index (κ1) is 29.9. The zero-order valence-electron chi connectivity index (χ0n) is 5.06. The Morgan fingerprint density at radius 3 is 1.22 bits per heavy atom. The van der Waals surface area contributed by atoms with Crippen molar-refractivity contribution in [3.8, 4) is 0 Å². The topological polar surface area (TPSA) is 74.6 Å². The summed E-state index contributed by atoms with van der Waals surface area (Å²) in [4.78, 5) is 0. The summed E-state index contributed by atoms with van der Waals surface area (Å²) in [6.45, 7) is 0. The molecule has 1 radical (unpaired) electrons. The van der Waals surface area contributed by atoms with E-state index < -0.39 is 13.4 Å². The van der Waals surface area contributed by atoms with Crippen molar-refractivity contribution in [1.29, 1.82) is 0 Å². The first-order valence-electron chi connectivity index (χ1n) is 0.647. The van der Waals surface area contributed by atoms with Crippen molar-refractivity contribution in [2.24, 2.45) is 0 Å². The molecule has 0 aromatic carbocycles. The minimum atomic E-state index is -5.12. The van der Waals surface area contributed by atoms with Crippen LogP contribution in [0.3, 0.4) is 0 Å². The summed E-state index contributed by atoms with van der Waals surface area (Å²) >= 11 is -5.12. The SMILES string of the molecule is [Cu].[Fe].[H-].[Na+].[Ni].[O]=[Mn](=[O])([OH])[OH]. The van der Waals surface area contributed by atoms with Gasteiger partial charge in [-0.2, -0.15) is 0 Å². The molecule has 0 atom stereocenters. The molecule has 0 aliphatic rings. The molecule has 9 heavy (non-hydrogen) atoms. The second-order valence-electron chi connectivity index (χ2n) is 0.415. The molecule has 0 aliphatic heterocycles. The van der Waals surface area contributed by atoms with E-state index in [0.29, 0.717) is 0 Å². The van der Waals surface area contributed by atoms with Crippen LogP contribution in [0.1, 0.15) is 1.43 Å². The second-order valence-corrected chi connectivity index (χ2v) is 1.71. The predicted molar refractivity (Wildman–Crippen MR) is 6.92 cm³/mol. The molecule has 0 heterocycles. The average molecular weight is 323 g/mol. The van der Waals surface area contributed by atoms with Crippen molar-refractivity contribution >= 4 is 0 Å². The fourth-order valence-corrected chi connectivity index (χ4v) is 0. The Hall–Kier alpha value is 2.57. The van der Waals surface area contributed by atoms with E-state index >= 15 is 0 Å². The first-order chi connectivity index (χ1) is 2.00. The van der Waals surface area contributed by atoms with Gasteiger partial charge in [0, 0.05) is 50.6 Å². The van der Waals surface area contributed by atoms with Crippen LogP contribution in [0.25, 0.3) is 0 Å². The molecule has 0 spiro atoms. The van der Waals surface area contributed by atoms with E-state index in [0.717, 1.165) is 0 Å². The van der Waals surface area contributed by atoms with Crippen LogP contribution >= 0.6 is 0 Å². The van der Waals surface area contributed by atoms with Crippen LogP contribution in [0.15, 0.2) is 0 Å². The van der Waals surface area contributed by atoms with Gasteiger partial charge in [0.2, 0.25) is 0 Å². The molecule has 0 saturated heterocycles. The van der Waals surface area contributed by atoms with Gasteiger partial charge in [0.05, 0.1) is 0 Å². The van der Waals surface area contributed by atoms with Crippen molar-refractivity contribution < 1.29 is 111 Å². The van der Waals surface area contributed by atoms with Crippen molar-refractivity contribution in [3.05, 3.63) is 0 Å². The Morgan fingerprint density at radius 2 is 1.22 bits per heavy atom. The van der Waals surface area contributed by atoms with Gasteiger partial charge in [-0.1, -0.05) is 0 Å². The maximum absolute atomic E-state index is 8.80. The fourth-order valence-electron chi connectivity index (χ4n) is 0. The molecule has 0 aromatic heterocycles. The maximum atomic E-state index is 8.80. The molecule has 0 aliphatic carbocycles. The van der Waals surface area contributed by atoms with Crippen molar-refractivity contribution in [1.82, 2.24) is 0 Å². The van der Waals surface area contributed by atoms with E-state index in [9.17, 15) is 0 Å². The summed E-state index contributed by atoms with van der Waals surface area (Å²) < 4.78 is 31.8. The number of hydrogen-bond donors (Lipinski definition) is 2. The van der Waals surface area contributed by atoms with Crippen LogP contribution in [-0.4, -0.2) is 8.38 Å². The molecule has 0 rings (SSSR count). The molecule has 0 saturated carbocycles. The molecule has 64 valence electrons. The van der Waals surface area contributed by atoms with Gasteiger partial charge >= 0.3 is 59.0 Å². The Balaban J connectivity index is -0.00000000800. The third-order valence-corrected chi connectivity index (χ3v) is 0.